The zero-order chi connectivity index (χ0) is 15.0. The van der Waals surface area contributed by atoms with Gasteiger partial charge >= 0.3 is 7.12 Å². The summed E-state index contributed by atoms with van der Waals surface area (Å²) in [6.45, 7) is 1.85. The molecule has 0 bridgehead atoms. The lowest BCUT2D eigenvalue weighted by Gasteiger charge is -2.09. The SMILES string of the molecule is CC1OB(O)c2ccc(Oc3ncc(C#N)cc3Cl)cc21. The Morgan fingerprint density at radius 3 is 3.00 bits per heavy atom. The van der Waals surface area contributed by atoms with E-state index >= 15 is 0 Å². The highest BCUT2D eigenvalue weighted by molar-refractivity contribution is 6.61. The van der Waals surface area contributed by atoms with Gasteiger partial charge in [0.1, 0.15) is 16.8 Å². The molecule has 1 aliphatic heterocycles. The molecule has 0 fully saturated rings. The standard InChI is InChI=1S/C14H10BClN2O3/c1-8-11-5-10(2-3-12(11)15(19)21-8)20-14-13(16)4-9(6-17)7-18-14/h2-5,7-8,19H,1H3. The number of rotatable bonds is 2. The maximum Gasteiger partial charge on any atom is 0.491 e. The van der Waals surface area contributed by atoms with Crippen molar-refractivity contribution in [3.63, 3.8) is 0 Å². The largest absolute Gasteiger partial charge is 0.491 e. The molecular weight excluding hydrogens is 290 g/mol. The normalized spacial score (nSPS) is 16.5. The molecule has 1 N–H and O–H groups in total. The fourth-order valence-corrected chi connectivity index (χ4v) is 2.41. The van der Waals surface area contributed by atoms with E-state index in [0.29, 0.717) is 11.3 Å². The van der Waals surface area contributed by atoms with Gasteiger partial charge in [-0.2, -0.15) is 5.26 Å². The fraction of sp³-hybridized carbons (Fsp3) is 0.143. The van der Waals surface area contributed by atoms with Crippen molar-refractivity contribution in [2.24, 2.45) is 0 Å². The van der Waals surface area contributed by atoms with Crippen molar-refractivity contribution < 1.29 is 14.4 Å². The molecule has 1 aromatic carbocycles. The summed E-state index contributed by atoms with van der Waals surface area (Å²) >= 11 is 6.02. The quantitative estimate of drug-likeness (QED) is 0.860. The first-order chi connectivity index (χ1) is 10.1. The second kappa shape index (κ2) is 5.37. The molecule has 2 aromatic rings. The summed E-state index contributed by atoms with van der Waals surface area (Å²) < 4.78 is 10.9. The van der Waals surface area contributed by atoms with E-state index in [2.05, 4.69) is 4.98 Å². The Labute approximate surface area is 126 Å². The number of hydrogen-bond acceptors (Lipinski definition) is 5. The van der Waals surface area contributed by atoms with Gasteiger partial charge in [-0.05, 0) is 36.1 Å². The zero-order valence-corrected chi connectivity index (χ0v) is 11.8. The van der Waals surface area contributed by atoms with Crippen molar-refractivity contribution in [3.05, 3.63) is 46.6 Å². The third-order valence-electron chi connectivity index (χ3n) is 3.25. The molecule has 104 valence electrons. The Balaban J connectivity index is 1.90. The topological polar surface area (TPSA) is 75.4 Å². The van der Waals surface area contributed by atoms with Crippen molar-refractivity contribution in [3.8, 4) is 17.7 Å². The highest BCUT2D eigenvalue weighted by atomic mass is 35.5. The van der Waals surface area contributed by atoms with Crippen molar-refractivity contribution in [2.45, 2.75) is 13.0 Å². The monoisotopic (exact) mass is 300 g/mol. The Hall–Kier alpha value is -2.07. The number of nitrogens with zero attached hydrogens (tertiary/aromatic N) is 2. The number of halogens is 1. The van der Waals surface area contributed by atoms with Crippen LogP contribution < -0.4 is 10.2 Å². The highest BCUT2D eigenvalue weighted by Crippen LogP contribution is 2.31. The Morgan fingerprint density at radius 1 is 1.48 bits per heavy atom. The van der Waals surface area contributed by atoms with Gasteiger partial charge in [0, 0.05) is 6.20 Å². The summed E-state index contributed by atoms with van der Waals surface area (Å²) in [6, 6.07) is 8.69. The van der Waals surface area contributed by atoms with E-state index in [1.54, 1.807) is 18.2 Å². The molecule has 1 atom stereocenters. The van der Waals surface area contributed by atoms with Crippen LogP contribution >= 0.6 is 11.6 Å². The Morgan fingerprint density at radius 2 is 2.29 bits per heavy atom. The number of pyridine rings is 1. The van der Waals surface area contributed by atoms with Crippen molar-refractivity contribution in [1.29, 1.82) is 5.26 Å². The zero-order valence-electron chi connectivity index (χ0n) is 11.1. The minimum Gasteiger partial charge on any atom is -0.438 e. The van der Waals surface area contributed by atoms with Gasteiger partial charge in [-0.3, -0.25) is 0 Å². The minimum atomic E-state index is -0.902. The molecule has 0 aliphatic carbocycles. The second-order valence-electron chi connectivity index (χ2n) is 4.65. The number of ether oxygens (including phenoxy) is 1. The lowest BCUT2D eigenvalue weighted by atomic mass is 9.79. The van der Waals surface area contributed by atoms with Crippen molar-refractivity contribution >= 4 is 24.2 Å². The third-order valence-corrected chi connectivity index (χ3v) is 3.52. The minimum absolute atomic E-state index is 0.206. The maximum absolute atomic E-state index is 9.71. The second-order valence-corrected chi connectivity index (χ2v) is 5.05. The summed E-state index contributed by atoms with van der Waals surface area (Å²) in [6.07, 6.45) is 1.19. The van der Waals surface area contributed by atoms with E-state index in [1.807, 2.05) is 13.0 Å². The summed E-state index contributed by atoms with van der Waals surface area (Å²) in [5.41, 5.74) is 1.96. The molecule has 0 spiro atoms. The van der Waals surface area contributed by atoms with Gasteiger partial charge in [-0.25, -0.2) is 4.98 Å². The smallest absolute Gasteiger partial charge is 0.438 e. The van der Waals surface area contributed by atoms with Crippen LogP contribution in [0.15, 0.2) is 30.5 Å². The fourth-order valence-electron chi connectivity index (χ4n) is 2.21. The Bertz CT molecular complexity index is 747. The first-order valence-corrected chi connectivity index (χ1v) is 6.67. The first-order valence-electron chi connectivity index (χ1n) is 6.29. The van der Waals surface area contributed by atoms with Gasteiger partial charge < -0.3 is 14.4 Å². The number of fused-ring (bicyclic) bond motifs is 1. The van der Waals surface area contributed by atoms with Crippen LogP contribution in [0.5, 0.6) is 11.6 Å². The molecule has 1 aliphatic rings. The van der Waals surface area contributed by atoms with Crippen LogP contribution in [0.1, 0.15) is 24.2 Å². The van der Waals surface area contributed by atoms with E-state index in [0.717, 1.165) is 11.0 Å². The van der Waals surface area contributed by atoms with Gasteiger partial charge in [0.15, 0.2) is 0 Å². The van der Waals surface area contributed by atoms with Crippen LogP contribution in [0.2, 0.25) is 5.02 Å². The molecule has 2 heterocycles. The average Bonchev–Trinajstić information content (AvgIpc) is 2.76. The van der Waals surface area contributed by atoms with E-state index in [-0.39, 0.29) is 17.0 Å². The summed E-state index contributed by atoms with van der Waals surface area (Å²) in [7, 11) is -0.902. The van der Waals surface area contributed by atoms with E-state index in [4.69, 9.17) is 26.3 Å². The van der Waals surface area contributed by atoms with Gasteiger partial charge in [0.05, 0.1) is 11.7 Å². The molecule has 5 nitrogen and oxygen atoms in total. The van der Waals surface area contributed by atoms with Crippen molar-refractivity contribution in [2.75, 3.05) is 0 Å². The van der Waals surface area contributed by atoms with Crippen LogP contribution in [-0.4, -0.2) is 17.1 Å². The van der Waals surface area contributed by atoms with E-state index in [9.17, 15) is 5.02 Å². The molecule has 0 amide bonds. The molecule has 0 saturated heterocycles. The lowest BCUT2D eigenvalue weighted by molar-refractivity contribution is 0.208. The van der Waals surface area contributed by atoms with Gasteiger partial charge in [0.25, 0.3) is 0 Å². The highest BCUT2D eigenvalue weighted by Gasteiger charge is 2.32. The van der Waals surface area contributed by atoms with Crippen LogP contribution in [0.25, 0.3) is 0 Å². The lowest BCUT2D eigenvalue weighted by Crippen LogP contribution is -2.27. The Kier molecular flexibility index (Phi) is 3.56. The van der Waals surface area contributed by atoms with Gasteiger partial charge in [-0.15, -0.1) is 0 Å². The third kappa shape index (κ3) is 2.59. The van der Waals surface area contributed by atoms with Crippen molar-refractivity contribution in [1.82, 2.24) is 4.98 Å². The predicted octanol–water partition coefficient (Wildman–Crippen LogP) is 2.18. The van der Waals surface area contributed by atoms with Gasteiger partial charge in [0.2, 0.25) is 5.88 Å². The summed E-state index contributed by atoms with van der Waals surface area (Å²) in [5.74, 6) is 0.764. The van der Waals surface area contributed by atoms with E-state index < -0.39 is 7.12 Å². The summed E-state index contributed by atoms with van der Waals surface area (Å²) in [5, 5.41) is 18.7. The number of hydrogen-bond donors (Lipinski definition) is 1. The molecule has 21 heavy (non-hydrogen) atoms. The molecular formula is C14H10BClN2O3. The predicted molar refractivity (Wildman–Crippen MR) is 77.6 cm³/mol. The average molecular weight is 301 g/mol. The number of aromatic nitrogens is 1. The van der Waals surface area contributed by atoms with E-state index in [1.165, 1.54) is 12.3 Å². The molecule has 0 saturated carbocycles. The molecule has 3 rings (SSSR count). The number of benzene rings is 1. The summed E-state index contributed by atoms with van der Waals surface area (Å²) in [4.78, 5) is 4.01. The van der Waals surface area contributed by atoms with Gasteiger partial charge in [-0.1, -0.05) is 17.7 Å². The molecule has 7 heteroatoms. The maximum atomic E-state index is 9.71. The molecule has 1 unspecified atom stereocenters. The molecule has 1 aromatic heterocycles. The van der Waals surface area contributed by atoms with Crippen LogP contribution in [0.3, 0.4) is 0 Å². The van der Waals surface area contributed by atoms with Crippen LogP contribution in [0, 0.1) is 11.3 Å². The molecule has 0 radical (unpaired) electrons. The first kappa shape index (κ1) is 13.9. The van der Waals surface area contributed by atoms with Crippen LogP contribution in [-0.2, 0) is 4.65 Å². The number of nitriles is 1. The van der Waals surface area contributed by atoms with Crippen LogP contribution in [0.4, 0.5) is 0 Å².